The van der Waals surface area contributed by atoms with Crippen molar-refractivity contribution in [2.45, 2.75) is 25.7 Å². The molecule has 156 valence electrons. The molecule has 2 aromatic heterocycles. The van der Waals surface area contributed by atoms with Crippen LogP contribution in [-0.2, 0) is 0 Å². The fourth-order valence-electron chi connectivity index (χ4n) is 4.38. The van der Waals surface area contributed by atoms with Gasteiger partial charge in [0.1, 0.15) is 11.3 Å². The van der Waals surface area contributed by atoms with E-state index in [1.165, 1.54) is 0 Å². The second kappa shape index (κ2) is 8.20. The van der Waals surface area contributed by atoms with Gasteiger partial charge in [-0.3, -0.25) is 9.78 Å². The SMILES string of the molecule is Cc1cc2cc(C(=O)N3CCC[C@@H](c4cccc(-c5cccc(Cl)c5)n4)C3)ccc2o1. The summed E-state index contributed by atoms with van der Waals surface area (Å²) < 4.78 is 5.64. The Hall–Kier alpha value is -3.11. The molecule has 0 bridgehead atoms. The number of fused-ring (bicyclic) bond motifs is 1. The lowest BCUT2D eigenvalue weighted by molar-refractivity contribution is 0.0706. The second-order valence-electron chi connectivity index (χ2n) is 8.16. The molecule has 0 spiro atoms. The van der Waals surface area contributed by atoms with Crippen molar-refractivity contribution in [2.24, 2.45) is 0 Å². The number of nitrogens with zero attached hydrogens (tertiary/aromatic N) is 2. The lowest BCUT2D eigenvalue weighted by Gasteiger charge is -2.32. The molecule has 5 rings (SSSR count). The van der Waals surface area contributed by atoms with Gasteiger partial charge in [0.2, 0.25) is 0 Å². The summed E-state index contributed by atoms with van der Waals surface area (Å²) in [6.07, 6.45) is 1.99. The minimum absolute atomic E-state index is 0.0662. The number of hydrogen-bond acceptors (Lipinski definition) is 3. The fraction of sp³-hybridized carbons (Fsp3) is 0.231. The number of furan rings is 1. The van der Waals surface area contributed by atoms with Gasteiger partial charge < -0.3 is 9.32 Å². The summed E-state index contributed by atoms with van der Waals surface area (Å²) in [6.45, 7) is 3.36. The van der Waals surface area contributed by atoms with Crippen LogP contribution < -0.4 is 0 Å². The van der Waals surface area contributed by atoms with E-state index in [0.717, 1.165) is 53.1 Å². The van der Waals surface area contributed by atoms with Crippen LogP contribution in [0.4, 0.5) is 0 Å². The molecule has 0 saturated carbocycles. The Morgan fingerprint density at radius 3 is 2.84 bits per heavy atom. The van der Waals surface area contributed by atoms with Gasteiger partial charge in [0.15, 0.2) is 0 Å². The normalized spacial score (nSPS) is 16.6. The highest BCUT2D eigenvalue weighted by Crippen LogP contribution is 2.30. The molecular formula is C26H23ClN2O2. The molecule has 31 heavy (non-hydrogen) atoms. The summed E-state index contributed by atoms with van der Waals surface area (Å²) in [5, 5.41) is 1.66. The first-order chi connectivity index (χ1) is 15.1. The van der Waals surface area contributed by atoms with Crippen molar-refractivity contribution in [3.63, 3.8) is 0 Å². The molecule has 1 atom stereocenters. The van der Waals surface area contributed by atoms with Gasteiger partial charge >= 0.3 is 0 Å². The highest BCUT2D eigenvalue weighted by molar-refractivity contribution is 6.30. The van der Waals surface area contributed by atoms with E-state index < -0.39 is 0 Å². The number of amides is 1. The number of pyridine rings is 1. The quantitative estimate of drug-likeness (QED) is 0.374. The predicted molar refractivity (Wildman–Crippen MR) is 124 cm³/mol. The molecule has 0 unspecified atom stereocenters. The fourth-order valence-corrected chi connectivity index (χ4v) is 4.57. The number of piperidine rings is 1. The van der Waals surface area contributed by atoms with Crippen LogP contribution in [0.2, 0.25) is 5.02 Å². The van der Waals surface area contributed by atoms with E-state index in [4.69, 9.17) is 21.0 Å². The van der Waals surface area contributed by atoms with E-state index in [2.05, 4.69) is 6.07 Å². The van der Waals surface area contributed by atoms with E-state index in [1.807, 2.05) is 72.5 Å². The molecule has 1 fully saturated rings. The predicted octanol–water partition coefficient (Wildman–Crippen LogP) is 6.48. The number of carbonyl (C=O) groups is 1. The average molecular weight is 431 g/mol. The second-order valence-corrected chi connectivity index (χ2v) is 8.59. The Morgan fingerprint density at radius 1 is 1.10 bits per heavy atom. The third-order valence-electron chi connectivity index (χ3n) is 5.90. The maximum atomic E-state index is 13.2. The van der Waals surface area contributed by atoms with Crippen molar-refractivity contribution < 1.29 is 9.21 Å². The van der Waals surface area contributed by atoms with Gasteiger partial charge in [0.25, 0.3) is 5.91 Å². The molecular weight excluding hydrogens is 408 g/mol. The standard InChI is InChI=1S/C26H23ClN2O2/c1-17-13-21-14-19(10-11-25(21)31-17)26(30)29-12-4-6-20(16-29)24-9-3-8-23(28-24)18-5-2-7-22(27)15-18/h2-3,5,7-11,13-15,20H,4,6,12,16H2,1H3/t20-/m1/s1. The van der Waals surface area contributed by atoms with Crippen LogP contribution in [0.15, 0.2) is 71.1 Å². The van der Waals surface area contributed by atoms with Crippen molar-refractivity contribution >= 4 is 28.5 Å². The summed E-state index contributed by atoms with van der Waals surface area (Å²) in [7, 11) is 0. The van der Waals surface area contributed by atoms with Gasteiger partial charge in [0.05, 0.1) is 5.69 Å². The van der Waals surface area contributed by atoms with Crippen LogP contribution in [0, 0.1) is 6.92 Å². The van der Waals surface area contributed by atoms with Gasteiger partial charge in [-0.1, -0.05) is 29.8 Å². The molecule has 4 aromatic rings. The van der Waals surface area contributed by atoms with Crippen molar-refractivity contribution in [3.8, 4) is 11.3 Å². The lowest BCUT2D eigenvalue weighted by Crippen LogP contribution is -2.39. The Balaban J connectivity index is 1.37. The summed E-state index contributed by atoms with van der Waals surface area (Å²) >= 11 is 6.16. The molecule has 1 aliphatic rings. The number of aromatic nitrogens is 1. The van der Waals surface area contributed by atoms with E-state index in [-0.39, 0.29) is 11.8 Å². The molecule has 5 heteroatoms. The van der Waals surface area contributed by atoms with E-state index in [0.29, 0.717) is 17.1 Å². The average Bonchev–Trinajstić information content (AvgIpc) is 3.18. The topological polar surface area (TPSA) is 46.3 Å². The Kier molecular flexibility index (Phi) is 5.24. The number of likely N-dealkylation sites (tertiary alicyclic amines) is 1. The van der Waals surface area contributed by atoms with Gasteiger partial charge in [-0.25, -0.2) is 0 Å². The third-order valence-corrected chi connectivity index (χ3v) is 6.14. The molecule has 0 N–H and O–H groups in total. The maximum absolute atomic E-state index is 13.2. The van der Waals surface area contributed by atoms with Crippen molar-refractivity contribution in [3.05, 3.63) is 88.8 Å². The number of halogens is 1. The number of benzene rings is 2. The smallest absolute Gasteiger partial charge is 0.253 e. The molecule has 3 heterocycles. The summed E-state index contributed by atoms with van der Waals surface area (Å²) in [4.78, 5) is 20.1. The molecule has 2 aromatic carbocycles. The van der Waals surface area contributed by atoms with Crippen LogP contribution in [0.3, 0.4) is 0 Å². The van der Waals surface area contributed by atoms with Crippen molar-refractivity contribution in [1.82, 2.24) is 9.88 Å². The third kappa shape index (κ3) is 4.08. The largest absolute Gasteiger partial charge is 0.461 e. The summed E-state index contributed by atoms with van der Waals surface area (Å²) in [5.41, 5.74) is 4.45. The summed E-state index contributed by atoms with van der Waals surface area (Å²) in [6, 6.07) is 21.5. The minimum atomic E-state index is 0.0662. The first-order valence-corrected chi connectivity index (χ1v) is 11.0. The van der Waals surface area contributed by atoms with E-state index in [9.17, 15) is 4.79 Å². The zero-order chi connectivity index (χ0) is 21.4. The van der Waals surface area contributed by atoms with Crippen LogP contribution >= 0.6 is 11.6 Å². The van der Waals surface area contributed by atoms with Crippen LogP contribution in [0.25, 0.3) is 22.2 Å². The Morgan fingerprint density at radius 2 is 1.97 bits per heavy atom. The molecule has 0 radical (unpaired) electrons. The first-order valence-electron chi connectivity index (χ1n) is 10.6. The van der Waals surface area contributed by atoms with Crippen LogP contribution in [-0.4, -0.2) is 28.9 Å². The molecule has 1 amide bonds. The van der Waals surface area contributed by atoms with Gasteiger partial charge in [-0.05, 0) is 68.3 Å². The van der Waals surface area contributed by atoms with Gasteiger partial charge in [0, 0.05) is 46.2 Å². The molecule has 4 nitrogen and oxygen atoms in total. The monoisotopic (exact) mass is 430 g/mol. The highest BCUT2D eigenvalue weighted by Gasteiger charge is 2.26. The summed E-state index contributed by atoms with van der Waals surface area (Å²) in [5.74, 6) is 1.14. The Bertz CT molecular complexity index is 1260. The number of rotatable bonds is 3. The lowest BCUT2D eigenvalue weighted by atomic mass is 9.93. The minimum Gasteiger partial charge on any atom is -0.461 e. The van der Waals surface area contributed by atoms with Crippen molar-refractivity contribution in [2.75, 3.05) is 13.1 Å². The number of aryl methyl sites for hydroxylation is 1. The molecule has 1 aliphatic heterocycles. The van der Waals surface area contributed by atoms with Crippen LogP contribution in [0.5, 0.6) is 0 Å². The number of carbonyl (C=O) groups excluding carboxylic acids is 1. The zero-order valence-corrected chi connectivity index (χ0v) is 18.1. The van der Waals surface area contributed by atoms with Gasteiger partial charge in [-0.2, -0.15) is 0 Å². The Labute approximate surface area is 186 Å². The van der Waals surface area contributed by atoms with E-state index >= 15 is 0 Å². The zero-order valence-electron chi connectivity index (χ0n) is 17.3. The highest BCUT2D eigenvalue weighted by atomic mass is 35.5. The first kappa shape index (κ1) is 19.8. The van der Waals surface area contributed by atoms with Crippen LogP contribution in [0.1, 0.15) is 40.6 Å². The molecule has 0 aliphatic carbocycles. The maximum Gasteiger partial charge on any atom is 0.253 e. The number of hydrogen-bond donors (Lipinski definition) is 0. The van der Waals surface area contributed by atoms with Crippen molar-refractivity contribution in [1.29, 1.82) is 0 Å². The van der Waals surface area contributed by atoms with E-state index in [1.54, 1.807) is 0 Å². The van der Waals surface area contributed by atoms with Gasteiger partial charge in [-0.15, -0.1) is 0 Å². The molecule has 1 saturated heterocycles.